The Balaban J connectivity index is 2.21. The molecule has 0 aliphatic carbocycles. The molecule has 1 aromatic heterocycles. The molecule has 2 aromatic rings. The highest BCUT2D eigenvalue weighted by Crippen LogP contribution is 2.22. The number of aliphatic carboxylic acids is 1. The topological polar surface area (TPSA) is 37.3 Å². The second-order valence-corrected chi connectivity index (χ2v) is 4.13. The first-order chi connectivity index (χ1) is 6.75. The maximum Gasteiger partial charge on any atom is 0.303 e. The third kappa shape index (κ3) is 1.93. The molecule has 0 fully saturated rings. The van der Waals surface area contributed by atoms with Crippen molar-refractivity contribution in [2.75, 3.05) is 0 Å². The highest BCUT2D eigenvalue weighted by atomic mass is 32.1. The number of carbonyl (C=O) groups is 1. The molecule has 0 spiro atoms. The summed E-state index contributed by atoms with van der Waals surface area (Å²) in [6.07, 6.45) is 0.816. The van der Waals surface area contributed by atoms with Crippen LogP contribution < -0.4 is 0 Å². The zero-order valence-corrected chi connectivity index (χ0v) is 8.38. The van der Waals surface area contributed by atoms with Gasteiger partial charge in [0.2, 0.25) is 0 Å². The molecule has 0 saturated heterocycles. The van der Waals surface area contributed by atoms with E-state index < -0.39 is 5.97 Å². The summed E-state index contributed by atoms with van der Waals surface area (Å²) in [5.74, 6) is -0.740. The second-order valence-electron chi connectivity index (χ2n) is 3.19. The molecule has 3 heteroatoms. The lowest BCUT2D eigenvalue weighted by Gasteiger charge is -1.98. The molecule has 0 aliphatic rings. The van der Waals surface area contributed by atoms with Crippen molar-refractivity contribution < 1.29 is 9.90 Å². The Bertz CT molecular complexity index is 459. The fraction of sp³-hybridized carbons (Fsp3) is 0.182. The van der Waals surface area contributed by atoms with E-state index in [1.54, 1.807) is 11.3 Å². The fourth-order valence-electron chi connectivity index (χ4n) is 1.42. The molecule has 2 rings (SSSR count). The first kappa shape index (κ1) is 9.21. The minimum absolute atomic E-state index is 0.204. The van der Waals surface area contributed by atoms with Gasteiger partial charge in [-0.3, -0.25) is 4.79 Å². The van der Waals surface area contributed by atoms with Gasteiger partial charge in [-0.25, -0.2) is 0 Å². The van der Waals surface area contributed by atoms with Crippen molar-refractivity contribution in [3.63, 3.8) is 0 Å². The molecule has 0 amide bonds. The molecule has 2 nitrogen and oxygen atoms in total. The highest BCUT2D eigenvalue weighted by Gasteiger charge is 2.00. The minimum Gasteiger partial charge on any atom is -0.481 e. The van der Waals surface area contributed by atoms with Gasteiger partial charge in [-0.05, 0) is 34.9 Å². The van der Waals surface area contributed by atoms with Gasteiger partial charge in [-0.2, -0.15) is 0 Å². The van der Waals surface area contributed by atoms with Crippen LogP contribution in [0.2, 0.25) is 0 Å². The molecule has 0 unspecified atom stereocenters. The number of fused-ring (bicyclic) bond motifs is 1. The van der Waals surface area contributed by atoms with Crippen LogP contribution in [0.5, 0.6) is 0 Å². The number of thiophene rings is 1. The minimum atomic E-state index is -0.740. The first-order valence-electron chi connectivity index (χ1n) is 4.43. The average Bonchev–Trinajstić information content (AvgIpc) is 2.61. The summed E-state index contributed by atoms with van der Waals surface area (Å²) in [4.78, 5) is 10.4. The van der Waals surface area contributed by atoms with E-state index in [9.17, 15) is 4.79 Å². The standard InChI is InChI=1S/C11H10O2S/c12-11(13)4-2-8-1-3-10-9(7-8)5-6-14-10/h1,3,5-7H,2,4H2,(H,12,13). The number of aryl methyl sites for hydroxylation is 1. The van der Waals surface area contributed by atoms with Gasteiger partial charge in [0.15, 0.2) is 0 Å². The van der Waals surface area contributed by atoms with Crippen molar-refractivity contribution in [3.05, 3.63) is 35.2 Å². The summed E-state index contributed by atoms with van der Waals surface area (Å²) in [6, 6.07) is 8.18. The summed E-state index contributed by atoms with van der Waals surface area (Å²) in [5, 5.41) is 11.8. The number of carboxylic acids is 1. The Morgan fingerprint density at radius 1 is 1.36 bits per heavy atom. The maximum atomic E-state index is 10.4. The highest BCUT2D eigenvalue weighted by molar-refractivity contribution is 7.17. The molecule has 0 saturated carbocycles. The summed E-state index contributed by atoms with van der Waals surface area (Å²) in [5.41, 5.74) is 1.10. The Kier molecular flexibility index (Phi) is 2.50. The lowest BCUT2D eigenvalue weighted by molar-refractivity contribution is -0.136. The number of hydrogen-bond donors (Lipinski definition) is 1. The smallest absolute Gasteiger partial charge is 0.303 e. The van der Waals surface area contributed by atoms with E-state index in [4.69, 9.17) is 5.11 Å². The molecule has 0 aliphatic heterocycles. The quantitative estimate of drug-likeness (QED) is 0.838. The van der Waals surface area contributed by atoms with Crippen LogP contribution in [0.1, 0.15) is 12.0 Å². The zero-order chi connectivity index (χ0) is 9.97. The summed E-state index contributed by atoms with van der Waals surface area (Å²) in [6.45, 7) is 0. The van der Waals surface area contributed by atoms with Crippen molar-refractivity contribution >= 4 is 27.4 Å². The van der Waals surface area contributed by atoms with Gasteiger partial charge in [0, 0.05) is 11.1 Å². The molecular weight excluding hydrogens is 196 g/mol. The molecule has 0 radical (unpaired) electrons. The van der Waals surface area contributed by atoms with E-state index in [2.05, 4.69) is 18.2 Å². The van der Waals surface area contributed by atoms with Gasteiger partial charge in [-0.15, -0.1) is 11.3 Å². The second kappa shape index (κ2) is 3.80. The van der Waals surface area contributed by atoms with Crippen LogP contribution in [0.25, 0.3) is 10.1 Å². The van der Waals surface area contributed by atoms with E-state index in [-0.39, 0.29) is 6.42 Å². The van der Waals surface area contributed by atoms with Gasteiger partial charge in [-0.1, -0.05) is 12.1 Å². The van der Waals surface area contributed by atoms with Crippen LogP contribution in [0.3, 0.4) is 0 Å². The average molecular weight is 206 g/mol. The molecule has 1 heterocycles. The first-order valence-corrected chi connectivity index (χ1v) is 5.31. The van der Waals surface area contributed by atoms with Crippen LogP contribution in [-0.2, 0) is 11.2 Å². The van der Waals surface area contributed by atoms with Gasteiger partial charge < -0.3 is 5.11 Å². The van der Waals surface area contributed by atoms with Crippen molar-refractivity contribution in [1.82, 2.24) is 0 Å². The van der Waals surface area contributed by atoms with Gasteiger partial charge >= 0.3 is 5.97 Å². The molecule has 14 heavy (non-hydrogen) atoms. The fourth-order valence-corrected chi connectivity index (χ4v) is 2.19. The maximum absolute atomic E-state index is 10.4. The van der Waals surface area contributed by atoms with E-state index in [1.165, 1.54) is 10.1 Å². The Morgan fingerprint density at radius 2 is 2.21 bits per heavy atom. The summed E-state index contributed by atoms with van der Waals surface area (Å²) >= 11 is 1.70. The predicted molar refractivity (Wildman–Crippen MR) is 57.8 cm³/mol. The predicted octanol–water partition coefficient (Wildman–Crippen LogP) is 2.92. The zero-order valence-electron chi connectivity index (χ0n) is 7.56. The molecule has 1 N–H and O–H groups in total. The lowest BCUT2D eigenvalue weighted by Crippen LogP contribution is -1.96. The summed E-state index contributed by atoms with van der Waals surface area (Å²) < 4.78 is 1.25. The van der Waals surface area contributed by atoms with Crippen LogP contribution in [0, 0.1) is 0 Å². The van der Waals surface area contributed by atoms with E-state index in [0.717, 1.165) is 5.56 Å². The van der Waals surface area contributed by atoms with Gasteiger partial charge in [0.1, 0.15) is 0 Å². The number of rotatable bonds is 3. The largest absolute Gasteiger partial charge is 0.481 e. The van der Waals surface area contributed by atoms with E-state index in [0.29, 0.717) is 6.42 Å². The molecule has 0 atom stereocenters. The SMILES string of the molecule is O=C(O)CCc1ccc2sccc2c1. The van der Waals surface area contributed by atoms with Crippen LogP contribution in [-0.4, -0.2) is 11.1 Å². The third-order valence-electron chi connectivity index (χ3n) is 2.14. The van der Waals surface area contributed by atoms with Crippen molar-refractivity contribution in [2.45, 2.75) is 12.8 Å². The molecular formula is C11H10O2S. The normalized spacial score (nSPS) is 10.6. The van der Waals surface area contributed by atoms with Crippen LogP contribution >= 0.6 is 11.3 Å². The van der Waals surface area contributed by atoms with Gasteiger partial charge in [0.05, 0.1) is 0 Å². The van der Waals surface area contributed by atoms with E-state index in [1.807, 2.05) is 11.4 Å². The van der Waals surface area contributed by atoms with Gasteiger partial charge in [0.25, 0.3) is 0 Å². The lowest BCUT2D eigenvalue weighted by atomic mass is 10.1. The van der Waals surface area contributed by atoms with Crippen molar-refractivity contribution in [3.8, 4) is 0 Å². The molecule has 0 bridgehead atoms. The molecule has 1 aromatic carbocycles. The summed E-state index contributed by atoms with van der Waals surface area (Å²) in [7, 11) is 0. The number of carboxylic acid groups (broad SMARTS) is 1. The Morgan fingerprint density at radius 3 is 3.00 bits per heavy atom. The van der Waals surface area contributed by atoms with E-state index >= 15 is 0 Å². The Hall–Kier alpha value is -1.35. The van der Waals surface area contributed by atoms with Crippen molar-refractivity contribution in [2.24, 2.45) is 0 Å². The monoisotopic (exact) mass is 206 g/mol. The number of benzene rings is 1. The molecule has 72 valence electrons. The van der Waals surface area contributed by atoms with Crippen LogP contribution in [0.15, 0.2) is 29.6 Å². The van der Waals surface area contributed by atoms with Crippen LogP contribution in [0.4, 0.5) is 0 Å². The Labute approximate surface area is 85.8 Å². The number of hydrogen-bond acceptors (Lipinski definition) is 2. The third-order valence-corrected chi connectivity index (χ3v) is 3.04. The van der Waals surface area contributed by atoms with Crippen molar-refractivity contribution in [1.29, 1.82) is 0 Å².